The van der Waals surface area contributed by atoms with Gasteiger partial charge in [0.15, 0.2) is 6.61 Å². The fourth-order valence-corrected chi connectivity index (χ4v) is 2.69. The topological polar surface area (TPSA) is 84.5 Å². The number of amides is 2. The Morgan fingerprint density at radius 3 is 2.27 bits per heavy atom. The van der Waals surface area contributed by atoms with Crippen molar-refractivity contribution in [2.75, 3.05) is 17.2 Å². The maximum absolute atomic E-state index is 13.6. The zero-order chi connectivity index (χ0) is 21.5. The van der Waals surface area contributed by atoms with E-state index < -0.39 is 24.3 Å². The molecule has 30 heavy (non-hydrogen) atoms. The van der Waals surface area contributed by atoms with Crippen molar-refractivity contribution >= 4 is 29.2 Å². The van der Waals surface area contributed by atoms with Crippen molar-refractivity contribution in [1.82, 2.24) is 0 Å². The third-order valence-corrected chi connectivity index (χ3v) is 4.31. The summed E-state index contributed by atoms with van der Waals surface area (Å²) < 4.78 is 18.6. The first-order valence-corrected chi connectivity index (χ1v) is 9.13. The SMILES string of the molecule is Cc1c(F)cccc1NC(=O)COC(=O)c1ccccc1NC(=O)c1ccccc1. The molecule has 0 aliphatic carbocycles. The highest BCUT2D eigenvalue weighted by Gasteiger charge is 2.17. The van der Waals surface area contributed by atoms with Gasteiger partial charge in [0.25, 0.3) is 11.8 Å². The molecule has 3 aromatic carbocycles. The van der Waals surface area contributed by atoms with E-state index in [0.717, 1.165) is 0 Å². The normalized spacial score (nSPS) is 10.2. The van der Waals surface area contributed by atoms with Crippen LogP contribution in [0.25, 0.3) is 0 Å². The number of hydrogen-bond acceptors (Lipinski definition) is 4. The second-order valence-corrected chi connectivity index (χ2v) is 6.40. The van der Waals surface area contributed by atoms with Gasteiger partial charge in [-0.3, -0.25) is 9.59 Å². The molecule has 6 nitrogen and oxygen atoms in total. The predicted octanol–water partition coefficient (Wildman–Crippen LogP) is 4.18. The number of ether oxygens (including phenoxy) is 1. The summed E-state index contributed by atoms with van der Waals surface area (Å²) in [7, 11) is 0. The summed E-state index contributed by atoms with van der Waals surface area (Å²) in [6.45, 7) is 0.971. The molecular weight excluding hydrogens is 387 g/mol. The molecule has 0 aliphatic heterocycles. The fraction of sp³-hybridized carbons (Fsp3) is 0.0870. The lowest BCUT2D eigenvalue weighted by Crippen LogP contribution is -2.22. The molecule has 2 N–H and O–H groups in total. The van der Waals surface area contributed by atoms with Crippen LogP contribution < -0.4 is 10.6 Å². The maximum Gasteiger partial charge on any atom is 0.340 e. The van der Waals surface area contributed by atoms with Crippen LogP contribution in [0.5, 0.6) is 0 Å². The molecule has 0 heterocycles. The second-order valence-electron chi connectivity index (χ2n) is 6.40. The van der Waals surface area contributed by atoms with Gasteiger partial charge in [0.2, 0.25) is 0 Å². The lowest BCUT2D eigenvalue weighted by molar-refractivity contribution is -0.119. The zero-order valence-electron chi connectivity index (χ0n) is 16.1. The molecule has 0 spiro atoms. The average molecular weight is 406 g/mol. The van der Waals surface area contributed by atoms with E-state index in [-0.39, 0.29) is 22.7 Å². The number of carbonyl (C=O) groups excluding carboxylic acids is 3. The van der Waals surface area contributed by atoms with E-state index in [1.165, 1.54) is 25.1 Å². The van der Waals surface area contributed by atoms with Crippen LogP contribution >= 0.6 is 0 Å². The first-order chi connectivity index (χ1) is 14.5. The van der Waals surface area contributed by atoms with Crippen LogP contribution in [-0.2, 0) is 9.53 Å². The summed E-state index contributed by atoms with van der Waals surface area (Å²) >= 11 is 0. The molecule has 0 unspecified atom stereocenters. The molecule has 2 amide bonds. The van der Waals surface area contributed by atoms with Gasteiger partial charge in [-0.1, -0.05) is 36.4 Å². The molecule has 3 rings (SSSR count). The van der Waals surface area contributed by atoms with E-state index in [2.05, 4.69) is 10.6 Å². The smallest absolute Gasteiger partial charge is 0.340 e. The van der Waals surface area contributed by atoms with Crippen LogP contribution in [0.2, 0.25) is 0 Å². The van der Waals surface area contributed by atoms with Gasteiger partial charge in [-0.15, -0.1) is 0 Å². The number of carbonyl (C=O) groups is 3. The Bertz CT molecular complexity index is 1080. The molecule has 0 saturated carbocycles. The Kier molecular flexibility index (Phi) is 6.54. The molecule has 0 atom stereocenters. The Labute approximate surface area is 172 Å². The lowest BCUT2D eigenvalue weighted by atomic mass is 10.1. The Hall–Kier alpha value is -4.00. The number of nitrogens with one attached hydrogen (secondary N) is 2. The van der Waals surface area contributed by atoms with Gasteiger partial charge in [-0.05, 0) is 43.3 Å². The highest BCUT2D eigenvalue weighted by Crippen LogP contribution is 2.19. The first kappa shape index (κ1) is 20.7. The molecular formula is C23H19FN2O4. The number of hydrogen-bond donors (Lipinski definition) is 2. The van der Waals surface area contributed by atoms with Crippen LogP contribution in [0, 0.1) is 12.7 Å². The fourth-order valence-electron chi connectivity index (χ4n) is 2.69. The quantitative estimate of drug-likeness (QED) is 0.602. The zero-order valence-corrected chi connectivity index (χ0v) is 16.1. The molecule has 0 aromatic heterocycles. The minimum absolute atomic E-state index is 0.108. The molecule has 0 aliphatic rings. The first-order valence-electron chi connectivity index (χ1n) is 9.13. The van der Waals surface area contributed by atoms with E-state index in [0.29, 0.717) is 11.3 Å². The van der Waals surface area contributed by atoms with Gasteiger partial charge in [0.05, 0.1) is 11.3 Å². The molecule has 152 valence electrons. The Morgan fingerprint density at radius 1 is 0.833 bits per heavy atom. The van der Waals surface area contributed by atoms with Crippen molar-refractivity contribution in [3.05, 3.63) is 95.3 Å². The summed E-state index contributed by atoms with van der Waals surface area (Å²) in [4.78, 5) is 36.9. The van der Waals surface area contributed by atoms with E-state index >= 15 is 0 Å². The number of rotatable bonds is 6. The summed E-state index contributed by atoms with van der Waals surface area (Å²) in [6, 6.07) is 19.2. The minimum Gasteiger partial charge on any atom is -0.452 e. The van der Waals surface area contributed by atoms with Gasteiger partial charge in [-0.2, -0.15) is 0 Å². The van der Waals surface area contributed by atoms with E-state index in [1.54, 1.807) is 54.6 Å². The van der Waals surface area contributed by atoms with Crippen LogP contribution in [-0.4, -0.2) is 24.4 Å². The summed E-state index contributed by atoms with van der Waals surface area (Å²) in [6.07, 6.45) is 0. The Morgan fingerprint density at radius 2 is 1.50 bits per heavy atom. The highest BCUT2D eigenvalue weighted by atomic mass is 19.1. The van der Waals surface area contributed by atoms with Crippen molar-refractivity contribution in [3.8, 4) is 0 Å². The number of esters is 1. The highest BCUT2D eigenvalue weighted by molar-refractivity contribution is 6.08. The molecule has 7 heteroatoms. The van der Waals surface area contributed by atoms with Crippen LogP contribution in [0.1, 0.15) is 26.3 Å². The van der Waals surface area contributed by atoms with Gasteiger partial charge >= 0.3 is 5.97 Å². The predicted molar refractivity (Wildman–Crippen MR) is 111 cm³/mol. The summed E-state index contributed by atoms with van der Waals surface area (Å²) in [5.41, 5.74) is 1.39. The monoisotopic (exact) mass is 406 g/mol. The van der Waals surface area contributed by atoms with E-state index in [1.807, 2.05) is 0 Å². The average Bonchev–Trinajstić information content (AvgIpc) is 2.76. The number of anilines is 2. The van der Waals surface area contributed by atoms with Crippen LogP contribution in [0.15, 0.2) is 72.8 Å². The van der Waals surface area contributed by atoms with E-state index in [4.69, 9.17) is 4.74 Å². The number of halogens is 1. The van der Waals surface area contributed by atoms with Gasteiger partial charge in [-0.25, -0.2) is 9.18 Å². The number of benzene rings is 3. The molecule has 0 radical (unpaired) electrons. The summed E-state index contributed by atoms with van der Waals surface area (Å²) in [5, 5.41) is 5.17. The lowest BCUT2D eigenvalue weighted by Gasteiger charge is -2.12. The van der Waals surface area contributed by atoms with Crippen LogP contribution in [0.4, 0.5) is 15.8 Å². The second kappa shape index (κ2) is 9.47. The van der Waals surface area contributed by atoms with Gasteiger partial charge < -0.3 is 15.4 Å². The van der Waals surface area contributed by atoms with Crippen molar-refractivity contribution in [1.29, 1.82) is 0 Å². The molecule has 3 aromatic rings. The maximum atomic E-state index is 13.6. The van der Waals surface area contributed by atoms with Crippen LogP contribution in [0.3, 0.4) is 0 Å². The minimum atomic E-state index is -0.773. The Balaban J connectivity index is 1.64. The van der Waals surface area contributed by atoms with Crippen molar-refractivity contribution < 1.29 is 23.5 Å². The standard InChI is InChI=1S/C23H19FN2O4/c1-15-18(24)11-7-13-19(15)25-21(27)14-30-23(29)17-10-5-6-12-20(17)26-22(28)16-8-3-2-4-9-16/h2-13H,14H2,1H3,(H,25,27)(H,26,28). The third-order valence-electron chi connectivity index (χ3n) is 4.31. The summed E-state index contributed by atoms with van der Waals surface area (Å²) in [5.74, 6) is -2.21. The third kappa shape index (κ3) is 5.08. The van der Waals surface area contributed by atoms with Gasteiger partial charge in [0.1, 0.15) is 5.82 Å². The molecule has 0 saturated heterocycles. The van der Waals surface area contributed by atoms with Gasteiger partial charge in [0, 0.05) is 16.8 Å². The van der Waals surface area contributed by atoms with Crippen molar-refractivity contribution in [2.24, 2.45) is 0 Å². The largest absolute Gasteiger partial charge is 0.452 e. The molecule has 0 fully saturated rings. The molecule has 0 bridgehead atoms. The van der Waals surface area contributed by atoms with Crippen molar-refractivity contribution in [3.63, 3.8) is 0 Å². The van der Waals surface area contributed by atoms with E-state index in [9.17, 15) is 18.8 Å². The number of para-hydroxylation sites is 1. The van der Waals surface area contributed by atoms with Crippen molar-refractivity contribution in [2.45, 2.75) is 6.92 Å².